The summed E-state index contributed by atoms with van der Waals surface area (Å²) in [6.45, 7) is 0.267. The molecule has 2 aliphatic rings. The molecule has 1 aromatic carbocycles. The normalized spacial score (nSPS) is 22.0. The van der Waals surface area contributed by atoms with Gasteiger partial charge in [0, 0.05) is 6.54 Å². The number of fused-ring (bicyclic) bond motifs is 1. The number of ether oxygens (including phenoxy) is 1. The van der Waals surface area contributed by atoms with Crippen molar-refractivity contribution in [1.29, 1.82) is 0 Å². The molecule has 0 aromatic heterocycles. The molecule has 132 valence electrons. The number of benzene rings is 1. The summed E-state index contributed by atoms with van der Waals surface area (Å²) in [7, 11) is 1.61. The lowest BCUT2D eigenvalue weighted by atomic mass is 9.85. The molecule has 1 aliphatic carbocycles. The van der Waals surface area contributed by atoms with E-state index in [2.05, 4.69) is 5.32 Å². The highest BCUT2D eigenvalue weighted by Gasteiger charge is 2.47. The van der Waals surface area contributed by atoms with Gasteiger partial charge < -0.3 is 10.1 Å². The second-order valence-corrected chi connectivity index (χ2v) is 6.37. The predicted molar refractivity (Wildman–Crippen MR) is 91.8 cm³/mol. The summed E-state index contributed by atoms with van der Waals surface area (Å²) in [5, 5.41) is 2.78. The Hall–Kier alpha value is -2.63. The SMILES string of the molecule is COc1ccc(CCNC(=O)CN2C(=O)[C@H]3CC=CC[C@@H]3C2=O)cc1. The highest BCUT2D eigenvalue weighted by atomic mass is 16.5. The minimum absolute atomic E-state index is 0.187. The first-order valence-electron chi connectivity index (χ1n) is 8.50. The van der Waals surface area contributed by atoms with Gasteiger partial charge in [0.05, 0.1) is 18.9 Å². The third-order valence-corrected chi connectivity index (χ3v) is 4.80. The number of hydrogen-bond acceptors (Lipinski definition) is 4. The second-order valence-electron chi connectivity index (χ2n) is 6.37. The van der Waals surface area contributed by atoms with Crippen molar-refractivity contribution >= 4 is 17.7 Å². The van der Waals surface area contributed by atoms with E-state index in [1.54, 1.807) is 7.11 Å². The molecule has 25 heavy (non-hydrogen) atoms. The summed E-state index contributed by atoms with van der Waals surface area (Å²) >= 11 is 0. The summed E-state index contributed by atoms with van der Waals surface area (Å²) in [6.07, 6.45) is 5.72. The number of nitrogens with one attached hydrogen (secondary N) is 1. The van der Waals surface area contributed by atoms with E-state index in [0.29, 0.717) is 25.8 Å². The van der Waals surface area contributed by atoms with Gasteiger partial charge in [-0.2, -0.15) is 0 Å². The molecule has 6 heteroatoms. The summed E-state index contributed by atoms with van der Waals surface area (Å²) < 4.78 is 5.10. The number of methoxy groups -OCH3 is 1. The summed E-state index contributed by atoms with van der Waals surface area (Å²) in [5.74, 6) is -0.528. The van der Waals surface area contributed by atoms with Crippen LogP contribution in [-0.4, -0.2) is 42.8 Å². The number of nitrogens with zero attached hydrogens (tertiary/aromatic N) is 1. The highest BCUT2D eigenvalue weighted by molar-refractivity contribution is 6.07. The minimum Gasteiger partial charge on any atom is -0.497 e. The molecule has 3 rings (SSSR count). The van der Waals surface area contributed by atoms with Crippen molar-refractivity contribution in [3.05, 3.63) is 42.0 Å². The van der Waals surface area contributed by atoms with E-state index in [0.717, 1.165) is 16.2 Å². The fourth-order valence-electron chi connectivity index (χ4n) is 3.36. The lowest BCUT2D eigenvalue weighted by Gasteiger charge is -2.14. The molecule has 0 spiro atoms. The van der Waals surface area contributed by atoms with Crippen LogP contribution in [0.25, 0.3) is 0 Å². The Morgan fingerprint density at radius 2 is 1.72 bits per heavy atom. The number of carbonyl (C=O) groups excluding carboxylic acids is 3. The average molecular weight is 342 g/mol. The van der Waals surface area contributed by atoms with Gasteiger partial charge in [0.25, 0.3) is 0 Å². The van der Waals surface area contributed by atoms with Crippen molar-refractivity contribution < 1.29 is 19.1 Å². The topological polar surface area (TPSA) is 75.7 Å². The fourth-order valence-corrected chi connectivity index (χ4v) is 3.36. The van der Waals surface area contributed by atoms with Crippen LogP contribution in [0.4, 0.5) is 0 Å². The lowest BCUT2D eigenvalue weighted by molar-refractivity contribution is -0.143. The number of allylic oxidation sites excluding steroid dienone is 2. The first kappa shape index (κ1) is 17.2. The monoisotopic (exact) mass is 342 g/mol. The molecular weight excluding hydrogens is 320 g/mol. The van der Waals surface area contributed by atoms with E-state index in [1.807, 2.05) is 36.4 Å². The molecule has 0 bridgehead atoms. The molecule has 1 saturated heterocycles. The van der Waals surface area contributed by atoms with E-state index in [4.69, 9.17) is 4.74 Å². The van der Waals surface area contributed by atoms with Crippen LogP contribution in [0.15, 0.2) is 36.4 Å². The van der Waals surface area contributed by atoms with Crippen LogP contribution in [0.1, 0.15) is 18.4 Å². The number of hydrogen-bond donors (Lipinski definition) is 1. The molecule has 1 heterocycles. The zero-order valence-corrected chi connectivity index (χ0v) is 14.2. The van der Waals surface area contributed by atoms with Gasteiger partial charge in [0.15, 0.2) is 0 Å². The van der Waals surface area contributed by atoms with Crippen molar-refractivity contribution in [2.24, 2.45) is 11.8 Å². The first-order chi connectivity index (χ1) is 12.1. The van der Waals surface area contributed by atoms with Gasteiger partial charge in [-0.15, -0.1) is 0 Å². The van der Waals surface area contributed by atoms with Crippen molar-refractivity contribution in [1.82, 2.24) is 10.2 Å². The minimum atomic E-state index is -0.304. The lowest BCUT2D eigenvalue weighted by Crippen LogP contribution is -2.41. The maximum Gasteiger partial charge on any atom is 0.240 e. The van der Waals surface area contributed by atoms with Crippen LogP contribution >= 0.6 is 0 Å². The van der Waals surface area contributed by atoms with Crippen LogP contribution in [0.2, 0.25) is 0 Å². The van der Waals surface area contributed by atoms with E-state index in [9.17, 15) is 14.4 Å². The third-order valence-electron chi connectivity index (χ3n) is 4.80. The standard InChI is InChI=1S/C19H22N2O4/c1-25-14-8-6-13(7-9-14)10-11-20-17(22)12-21-18(23)15-4-2-3-5-16(15)19(21)24/h2-3,6-9,15-16H,4-5,10-12H2,1H3,(H,20,22)/t15-,16-/m0/s1. The van der Waals surface area contributed by atoms with Gasteiger partial charge in [-0.1, -0.05) is 24.3 Å². The van der Waals surface area contributed by atoms with Crippen molar-refractivity contribution in [3.8, 4) is 5.75 Å². The summed E-state index contributed by atoms with van der Waals surface area (Å²) in [5.41, 5.74) is 1.08. The third kappa shape index (κ3) is 3.73. The van der Waals surface area contributed by atoms with Crippen LogP contribution in [0, 0.1) is 11.8 Å². The van der Waals surface area contributed by atoms with Gasteiger partial charge in [-0.3, -0.25) is 19.3 Å². The largest absolute Gasteiger partial charge is 0.497 e. The molecule has 0 radical (unpaired) electrons. The average Bonchev–Trinajstić information content (AvgIpc) is 2.88. The van der Waals surface area contributed by atoms with Crippen LogP contribution in [0.3, 0.4) is 0 Å². The molecule has 1 N–H and O–H groups in total. The van der Waals surface area contributed by atoms with Gasteiger partial charge in [0.1, 0.15) is 12.3 Å². The molecule has 0 unspecified atom stereocenters. The van der Waals surface area contributed by atoms with E-state index >= 15 is 0 Å². The zero-order valence-electron chi connectivity index (χ0n) is 14.2. The van der Waals surface area contributed by atoms with Gasteiger partial charge >= 0.3 is 0 Å². The molecule has 2 atom stereocenters. The fraction of sp³-hybridized carbons (Fsp3) is 0.421. The van der Waals surface area contributed by atoms with Crippen LogP contribution < -0.4 is 10.1 Å². The molecule has 1 aromatic rings. The van der Waals surface area contributed by atoms with Gasteiger partial charge in [-0.25, -0.2) is 0 Å². The van der Waals surface area contributed by atoms with Crippen LogP contribution in [0.5, 0.6) is 5.75 Å². The first-order valence-corrected chi connectivity index (χ1v) is 8.50. The van der Waals surface area contributed by atoms with E-state index < -0.39 is 0 Å². The summed E-state index contributed by atoms with van der Waals surface area (Å²) in [6, 6.07) is 7.62. The zero-order chi connectivity index (χ0) is 17.8. The summed E-state index contributed by atoms with van der Waals surface area (Å²) in [4.78, 5) is 37.9. The van der Waals surface area contributed by atoms with E-state index in [1.165, 1.54) is 0 Å². The van der Waals surface area contributed by atoms with E-state index in [-0.39, 0.29) is 36.1 Å². The van der Waals surface area contributed by atoms with Gasteiger partial charge in [0.2, 0.25) is 17.7 Å². The molecular formula is C19H22N2O4. The maximum atomic E-state index is 12.3. The smallest absolute Gasteiger partial charge is 0.240 e. The number of carbonyl (C=O) groups is 3. The van der Waals surface area contributed by atoms with Crippen molar-refractivity contribution in [2.75, 3.05) is 20.2 Å². The van der Waals surface area contributed by atoms with Crippen molar-refractivity contribution in [3.63, 3.8) is 0 Å². The molecule has 6 nitrogen and oxygen atoms in total. The Morgan fingerprint density at radius 1 is 1.12 bits per heavy atom. The Morgan fingerprint density at radius 3 is 2.28 bits per heavy atom. The number of likely N-dealkylation sites (tertiary alicyclic amines) is 1. The van der Waals surface area contributed by atoms with Gasteiger partial charge in [-0.05, 0) is 37.0 Å². The molecule has 0 saturated carbocycles. The Labute approximate surface area is 146 Å². The maximum absolute atomic E-state index is 12.3. The predicted octanol–water partition coefficient (Wildman–Crippen LogP) is 1.31. The molecule has 1 aliphatic heterocycles. The highest BCUT2D eigenvalue weighted by Crippen LogP contribution is 2.34. The Balaban J connectivity index is 1.47. The molecule has 1 fully saturated rings. The Kier molecular flexibility index (Phi) is 5.16. The quantitative estimate of drug-likeness (QED) is 0.625. The number of rotatable bonds is 6. The van der Waals surface area contributed by atoms with Crippen molar-refractivity contribution in [2.45, 2.75) is 19.3 Å². The Bertz CT molecular complexity index is 670. The second kappa shape index (κ2) is 7.51. The van der Waals surface area contributed by atoms with Crippen LogP contribution in [-0.2, 0) is 20.8 Å². The number of amides is 3. The molecule has 3 amide bonds. The number of imide groups is 1.